The van der Waals surface area contributed by atoms with Crippen molar-refractivity contribution in [3.05, 3.63) is 47.5 Å². The molecule has 2 aromatic carbocycles. The minimum Gasteiger partial charge on any atom is -0.495 e. The zero-order valence-electron chi connectivity index (χ0n) is 12.9. The minimum atomic E-state index is -3.71. The molecule has 128 valence electrons. The van der Waals surface area contributed by atoms with Gasteiger partial charge in [-0.05, 0) is 30.3 Å². The predicted molar refractivity (Wildman–Crippen MR) is 89.5 cm³/mol. The van der Waals surface area contributed by atoms with E-state index in [-0.39, 0.29) is 23.1 Å². The molecule has 0 aromatic heterocycles. The van der Waals surface area contributed by atoms with E-state index in [0.717, 1.165) is 0 Å². The highest BCUT2D eigenvalue weighted by atomic mass is 35.5. The van der Waals surface area contributed by atoms with Gasteiger partial charge < -0.3 is 14.2 Å². The van der Waals surface area contributed by atoms with Crippen LogP contribution in [0.5, 0.6) is 17.2 Å². The molecule has 1 N–H and O–H groups in total. The van der Waals surface area contributed by atoms with Gasteiger partial charge in [-0.25, -0.2) is 13.1 Å². The standard InChI is InChI=1S/C16H16ClNO5S/c1-21-14-7-6-12(8-13(14)17)24(19,20)18-9-11-10-22-15-4-2-3-5-16(15)23-11/h2-8,11,18H,9-10H2,1H3/t11-/m0/s1. The van der Waals surface area contributed by atoms with Gasteiger partial charge in [-0.2, -0.15) is 0 Å². The second kappa shape index (κ2) is 6.88. The van der Waals surface area contributed by atoms with Crippen LogP contribution in [0.3, 0.4) is 0 Å². The summed E-state index contributed by atoms with van der Waals surface area (Å²) < 4.78 is 43.5. The summed E-state index contributed by atoms with van der Waals surface area (Å²) in [6, 6.07) is 11.5. The molecular formula is C16H16ClNO5S. The van der Waals surface area contributed by atoms with E-state index in [1.807, 2.05) is 12.1 Å². The maximum absolute atomic E-state index is 12.4. The molecule has 1 aliphatic rings. The molecule has 0 spiro atoms. The number of methoxy groups -OCH3 is 1. The van der Waals surface area contributed by atoms with Crippen molar-refractivity contribution in [1.82, 2.24) is 4.72 Å². The highest BCUT2D eigenvalue weighted by molar-refractivity contribution is 7.89. The summed E-state index contributed by atoms with van der Waals surface area (Å²) in [5.74, 6) is 1.66. The first-order valence-corrected chi connectivity index (χ1v) is 9.07. The number of para-hydroxylation sites is 2. The largest absolute Gasteiger partial charge is 0.495 e. The maximum Gasteiger partial charge on any atom is 0.240 e. The van der Waals surface area contributed by atoms with Gasteiger partial charge in [0.2, 0.25) is 10.0 Å². The molecule has 2 aromatic rings. The van der Waals surface area contributed by atoms with E-state index in [2.05, 4.69) is 4.72 Å². The first-order chi connectivity index (χ1) is 11.5. The lowest BCUT2D eigenvalue weighted by Gasteiger charge is -2.26. The Bertz CT molecular complexity index is 840. The number of nitrogens with one attached hydrogen (secondary N) is 1. The van der Waals surface area contributed by atoms with Crippen molar-refractivity contribution < 1.29 is 22.6 Å². The molecule has 8 heteroatoms. The van der Waals surface area contributed by atoms with Crippen molar-refractivity contribution in [3.8, 4) is 17.2 Å². The Morgan fingerprint density at radius 3 is 2.71 bits per heavy atom. The molecule has 0 bridgehead atoms. The monoisotopic (exact) mass is 369 g/mol. The molecule has 0 unspecified atom stereocenters. The molecule has 0 saturated carbocycles. The maximum atomic E-state index is 12.4. The highest BCUT2D eigenvalue weighted by Gasteiger charge is 2.23. The highest BCUT2D eigenvalue weighted by Crippen LogP contribution is 2.31. The Kier molecular flexibility index (Phi) is 4.84. The Balaban J connectivity index is 1.67. The second-order valence-electron chi connectivity index (χ2n) is 5.15. The number of benzene rings is 2. The Morgan fingerprint density at radius 1 is 1.25 bits per heavy atom. The third-order valence-corrected chi connectivity index (χ3v) is 5.22. The van der Waals surface area contributed by atoms with Crippen LogP contribution in [0.25, 0.3) is 0 Å². The minimum absolute atomic E-state index is 0.0606. The molecule has 0 saturated heterocycles. The Labute approximate surface area is 145 Å². The Morgan fingerprint density at radius 2 is 2.00 bits per heavy atom. The zero-order valence-corrected chi connectivity index (χ0v) is 14.4. The zero-order chi connectivity index (χ0) is 17.2. The summed E-state index contributed by atoms with van der Waals surface area (Å²) in [6.07, 6.45) is -0.414. The van der Waals surface area contributed by atoms with Gasteiger partial charge >= 0.3 is 0 Å². The number of hydrogen-bond acceptors (Lipinski definition) is 5. The smallest absolute Gasteiger partial charge is 0.240 e. The average Bonchev–Trinajstić information content (AvgIpc) is 2.60. The lowest BCUT2D eigenvalue weighted by molar-refractivity contribution is 0.0943. The number of halogens is 1. The normalized spacial score (nSPS) is 16.7. The lowest BCUT2D eigenvalue weighted by atomic mass is 10.2. The van der Waals surface area contributed by atoms with Crippen molar-refractivity contribution in [2.24, 2.45) is 0 Å². The third kappa shape index (κ3) is 3.58. The van der Waals surface area contributed by atoms with Crippen molar-refractivity contribution in [1.29, 1.82) is 0 Å². The number of sulfonamides is 1. The molecule has 24 heavy (non-hydrogen) atoms. The van der Waals surface area contributed by atoms with Gasteiger partial charge in [-0.1, -0.05) is 23.7 Å². The molecule has 1 aliphatic heterocycles. The average molecular weight is 370 g/mol. The molecule has 1 heterocycles. The van der Waals surface area contributed by atoms with E-state index in [1.54, 1.807) is 12.1 Å². The molecule has 0 aliphatic carbocycles. The summed E-state index contributed by atoms with van der Waals surface area (Å²) in [7, 11) is -2.25. The first-order valence-electron chi connectivity index (χ1n) is 7.21. The fourth-order valence-electron chi connectivity index (χ4n) is 2.26. The van der Waals surface area contributed by atoms with E-state index >= 15 is 0 Å². The van der Waals surface area contributed by atoms with Crippen LogP contribution >= 0.6 is 11.6 Å². The van der Waals surface area contributed by atoms with Crippen molar-refractivity contribution in [3.63, 3.8) is 0 Å². The van der Waals surface area contributed by atoms with Gasteiger partial charge in [0, 0.05) is 0 Å². The molecule has 1 atom stereocenters. The van der Waals surface area contributed by atoms with Crippen molar-refractivity contribution >= 4 is 21.6 Å². The SMILES string of the molecule is COc1ccc(S(=O)(=O)NC[C@H]2COc3ccccc3O2)cc1Cl. The van der Waals surface area contributed by atoms with Gasteiger partial charge in [0.25, 0.3) is 0 Å². The van der Waals surface area contributed by atoms with Gasteiger partial charge in [0.05, 0.1) is 23.6 Å². The van der Waals surface area contributed by atoms with Crippen LogP contribution in [0.1, 0.15) is 0 Å². The van der Waals surface area contributed by atoms with Gasteiger partial charge in [0.1, 0.15) is 18.5 Å². The molecular weight excluding hydrogens is 354 g/mol. The Hall–Kier alpha value is -1.96. The van der Waals surface area contributed by atoms with Gasteiger partial charge in [-0.3, -0.25) is 0 Å². The van der Waals surface area contributed by atoms with Gasteiger partial charge in [0.15, 0.2) is 11.5 Å². The van der Waals surface area contributed by atoms with Crippen molar-refractivity contribution in [2.75, 3.05) is 20.3 Å². The van der Waals surface area contributed by atoms with E-state index in [9.17, 15) is 8.42 Å². The third-order valence-electron chi connectivity index (χ3n) is 3.50. The van der Waals surface area contributed by atoms with Crippen LogP contribution in [0.15, 0.2) is 47.4 Å². The summed E-state index contributed by atoms with van der Waals surface area (Å²) in [5.41, 5.74) is 0. The predicted octanol–water partition coefficient (Wildman–Crippen LogP) is 2.47. The summed E-state index contributed by atoms with van der Waals surface area (Å²) in [5, 5.41) is 0.228. The van der Waals surface area contributed by atoms with Crippen LogP contribution in [-0.4, -0.2) is 34.8 Å². The molecule has 6 nitrogen and oxygen atoms in total. The van der Waals surface area contributed by atoms with Gasteiger partial charge in [-0.15, -0.1) is 0 Å². The quantitative estimate of drug-likeness (QED) is 0.876. The van der Waals surface area contributed by atoms with Crippen LogP contribution in [0.2, 0.25) is 5.02 Å². The number of ether oxygens (including phenoxy) is 3. The molecule has 0 amide bonds. The first kappa shape index (κ1) is 16.9. The molecule has 0 fully saturated rings. The van der Waals surface area contributed by atoms with E-state index in [0.29, 0.717) is 17.2 Å². The second-order valence-corrected chi connectivity index (χ2v) is 7.32. The van der Waals surface area contributed by atoms with Crippen LogP contribution < -0.4 is 18.9 Å². The topological polar surface area (TPSA) is 73.9 Å². The fraction of sp³-hybridized carbons (Fsp3) is 0.250. The van der Waals surface area contributed by atoms with E-state index in [1.165, 1.54) is 25.3 Å². The van der Waals surface area contributed by atoms with E-state index < -0.39 is 16.1 Å². The molecule has 3 rings (SSSR count). The van der Waals surface area contributed by atoms with Crippen molar-refractivity contribution in [2.45, 2.75) is 11.0 Å². The van der Waals surface area contributed by atoms with E-state index in [4.69, 9.17) is 25.8 Å². The summed E-state index contributed by atoms with van der Waals surface area (Å²) in [6.45, 7) is 0.350. The van der Waals surface area contributed by atoms with Crippen LogP contribution in [-0.2, 0) is 10.0 Å². The lowest BCUT2D eigenvalue weighted by Crippen LogP contribution is -2.40. The number of rotatable bonds is 5. The van der Waals surface area contributed by atoms with Crippen LogP contribution in [0, 0.1) is 0 Å². The number of hydrogen-bond donors (Lipinski definition) is 1. The van der Waals surface area contributed by atoms with Crippen LogP contribution in [0.4, 0.5) is 0 Å². The summed E-state index contributed by atoms with van der Waals surface area (Å²) in [4.78, 5) is 0.0606. The fourth-order valence-corrected chi connectivity index (χ4v) is 3.68. The number of fused-ring (bicyclic) bond motifs is 1. The summed E-state index contributed by atoms with van der Waals surface area (Å²) >= 11 is 5.98. The molecule has 0 radical (unpaired) electrons.